The summed E-state index contributed by atoms with van der Waals surface area (Å²) in [7, 11) is 1.18. The molecule has 5 unspecified atom stereocenters. The fraction of sp³-hybridized carbons (Fsp3) is 0.425. The maximum absolute atomic E-state index is 13.4. The van der Waals surface area contributed by atoms with Crippen LogP contribution in [0.2, 0.25) is 0 Å². The van der Waals surface area contributed by atoms with E-state index in [4.69, 9.17) is 42.6 Å². The number of azide groups is 1. The van der Waals surface area contributed by atoms with Crippen molar-refractivity contribution in [2.24, 2.45) is 5.11 Å². The molecule has 3 aromatic carbocycles. The van der Waals surface area contributed by atoms with Crippen LogP contribution in [0.4, 0.5) is 4.79 Å². The van der Waals surface area contributed by atoms with Crippen LogP contribution in [0.5, 0.6) is 0 Å². The van der Waals surface area contributed by atoms with Gasteiger partial charge in [-0.2, -0.15) is 0 Å². The highest BCUT2D eigenvalue weighted by Gasteiger charge is 2.56. The van der Waals surface area contributed by atoms with Crippen molar-refractivity contribution >= 4 is 17.9 Å². The van der Waals surface area contributed by atoms with E-state index < -0.39 is 79.1 Å². The molecule has 0 radical (unpaired) electrons. The first kappa shape index (κ1) is 41.1. The molecular weight excluding hydrogens is 714 g/mol. The minimum Gasteiger partial charge on any atom is -0.467 e. The van der Waals surface area contributed by atoms with Crippen molar-refractivity contribution in [2.75, 3.05) is 13.7 Å². The maximum atomic E-state index is 13.4. The van der Waals surface area contributed by atoms with E-state index in [1.165, 1.54) is 20.1 Å². The highest BCUT2D eigenvalue weighted by atomic mass is 16.8. The zero-order valence-corrected chi connectivity index (χ0v) is 30.8. The van der Waals surface area contributed by atoms with Gasteiger partial charge in [0.05, 0.1) is 33.0 Å². The highest BCUT2D eigenvalue weighted by Crippen LogP contribution is 2.36. The molecule has 2 fully saturated rings. The average molecular weight is 760 g/mol. The topological polar surface area (TPSA) is 183 Å². The minimum absolute atomic E-state index is 0.00682. The van der Waals surface area contributed by atoms with Crippen LogP contribution in [0.1, 0.15) is 30.5 Å². The summed E-state index contributed by atoms with van der Waals surface area (Å²) in [5.41, 5.74) is 12.3. The summed E-state index contributed by atoms with van der Waals surface area (Å²) in [6, 6.07) is 26.4. The highest BCUT2D eigenvalue weighted by molar-refractivity contribution is 5.81. The molecule has 0 bridgehead atoms. The molecular formula is C40H45N3O12. The van der Waals surface area contributed by atoms with Gasteiger partial charge in [-0.25, -0.2) is 9.59 Å². The number of ketones is 1. The van der Waals surface area contributed by atoms with Gasteiger partial charge < -0.3 is 42.6 Å². The predicted molar refractivity (Wildman–Crippen MR) is 195 cm³/mol. The van der Waals surface area contributed by atoms with Crippen LogP contribution in [0, 0.1) is 0 Å². The Morgan fingerprint density at radius 2 is 1.29 bits per heavy atom. The van der Waals surface area contributed by atoms with E-state index in [9.17, 15) is 19.9 Å². The summed E-state index contributed by atoms with van der Waals surface area (Å²) >= 11 is 0. The number of carbonyl (C=O) groups excluding carboxylic acids is 3. The molecule has 2 aliphatic heterocycles. The number of nitrogens with zero attached hydrogens (tertiary/aromatic N) is 3. The maximum Gasteiger partial charge on any atom is 0.509 e. The Hall–Kier alpha value is -5.12. The lowest BCUT2D eigenvalue weighted by Crippen LogP contribution is -2.66. The average Bonchev–Trinajstić information content (AvgIpc) is 3.20. The van der Waals surface area contributed by atoms with Gasteiger partial charge in [0.1, 0.15) is 43.2 Å². The molecule has 0 saturated carbocycles. The molecule has 2 saturated heterocycles. The Kier molecular flexibility index (Phi) is 15.3. The Labute approximate surface area is 319 Å². The van der Waals surface area contributed by atoms with E-state index in [0.717, 1.165) is 16.7 Å². The largest absolute Gasteiger partial charge is 0.509 e. The van der Waals surface area contributed by atoms with Crippen molar-refractivity contribution in [3.05, 3.63) is 131 Å². The van der Waals surface area contributed by atoms with E-state index >= 15 is 0 Å². The van der Waals surface area contributed by atoms with E-state index in [1.54, 1.807) is 6.92 Å². The summed E-state index contributed by atoms with van der Waals surface area (Å²) in [6.45, 7) is 6.46. The van der Waals surface area contributed by atoms with Crippen LogP contribution in [0.15, 0.2) is 109 Å². The van der Waals surface area contributed by atoms with Gasteiger partial charge in [0, 0.05) is 4.91 Å². The molecule has 0 spiro atoms. The zero-order chi connectivity index (χ0) is 39.2. The van der Waals surface area contributed by atoms with Gasteiger partial charge >= 0.3 is 12.1 Å². The first-order chi connectivity index (χ1) is 26.7. The standard InChI is InChI=1S/C40H45N3O12/c1-5-21-48-40(46)55-32-26(3)52-37(38(45)47-4)36(35(32)51-24-29-19-13-8-14-20-29)54-39-30(42-43-41)33(49-22-27-15-9-6-10-16-27)34(31(53-39)25(2)44)50-23-28-17-11-7-12-18-28/h5-20,26,30-37,39H,1,21-24H2,2-4H3/t26?,30?,31?,32?,33-,34+,35-,36-,37?,39+/m0/s1. The zero-order valence-electron chi connectivity index (χ0n) is 30.8. The third-order valence-electron chi connectivity index (χ3n) is 9.01. The Morgan fingerprint density at radius 3 is 1.78 bits per heavy atom. The molecule has 0 aliphatic carbocycles. The van der Waals surface area contributed by atoms with Gasteiger partial charge in [0.25, 0.3) is 0 Å². The Balaban J connectivity index is 1.54. The number of hydrogen-bond donors (Lipinski definition) is 0. The summed E-state index contributed by atoms with van der Waals surface area (Å²) < 4.78 is 54.1. The quantitative estimate of drug-likeness (QED) is 0.0532. The fourth-order valence-corrected chi connectivity index (χ4v) is 6.37. The lowest BCUT2D eigenvalue weighted by Gasteiger charge is -2.48. The second-order valence-electron chi connectivity index (χ2n) is 12.8. The van der Waals surface area contributed by atoms with Gasteiger partial charge in [0.2, 0.25) is 0 Å². The van der Waals surface area contributed by atoms with Gasteiger partial charge in [-0.3, -0.25) is 4.79 Å². The normalized spacial score (nSPS) is 27.5. The van der Waals surface area contributed by atoms with Crippen LogP contribution in [-0.2, 0) is 72.0 Å². The summed E-state index contributed by atoms with van der Waals surface area (Å²) in [4.78, 5) is 42.6. The number of carbonyl (C=O) groups is 3. The van der Waals surface area contributed by atoms with Gasteiger partial charge in [-0.05, 0) is 36.1 Å². The Morgan fingerprint density at radius 1 is 0.764 bits per heavy atom. The van der Waals surface area contributed by atoms with Crippen molar-refractivity contribution < 1.29 is 57.0 Å². The minimum atomic E-state index is -1.55. The first-order valence-corrected chi connectivity index (χ1v) is 17.7. The number of hydrogen-bond acceptors (Lipinski definition) is 13. The first-order valence-electron chi connectivity index (χ1n) is 17.7. The molecule has 0 aromatic heterocycles. The smallest absolute Gasteiger partial charge is 0.467 e. The van der Waals surface area contributed by atoms with E-state index in [-0.39, 0.29) is 26.4 Å². The van der Waals surface area contributed by atoms with Crippen LogP contribution >= 0.6 is 0 Å². The second-order valence-corrected chi connectivity index (χ2v) is 12.8. The Bertz CT molecular complexity index is 1740. The van der Waals surface area contributed by atoms with Crippen LogP contribution in [0.25, 0.3) is 10.4 Å². The molecule has 10 atom stereocenters. The predicted octanol–water partition coefficient (Wildman–Crippen LogP) is 5.79. The van der Waals surface area contributed by atoms with Crippen molar-refractivity contribution in [3.8, 4) is 0 Å². The molecule has 15 nitrogen and oxygen atoms in total. The number of Topliss-reactive ketones (excluding diaryl/α,β-unsaturated/α-hetero) is 1. The molecule has 15 heteroatoms. The lowest BCUT2D eigenvalue weighted by atomic mass is 9.92. The summed E-state index contributed by atoms with van der Waals surface area (Å²) in [6.07, 6.45) is -11.0. The molecule has 0 amide bonds. The van der Waals surface area contributed by atoms with Crippen molar-refractivity contribution in [1.82, 2.24) is 0 Å². The molecule has 2 aliphatic rings. The van der Waals surface area contributed by atoms with E-state index in [1.807, 2.05) is 91.0 Å². The molecule has 3 aromatic rings. The monoisotopic (exact) mass is 759 g/mol. The van der Waals surface area contributed by atoms with Gasteiger partial charge in [-0.1, -0.05) is 109 Å². The molecule has 0 N–H and O–H groups in total. The van der Waals surface area contributed by atoms with Gasteiger partial charge in [-0.15, -0.1) is 0 Å². The molecule has 5 rings (SSSR count). The number of rotatable bonds is 17. The van der Waals surface area contributed by atoms with Gasteiger partial charge in [0.15, 0.2) is 24.3 Å². The van der Waals surface area contributed by atoms with Crippen LogP contribution < -0.4 is 0 Å². The number of ether oxygens (including phenoxy) is 9. The van der Waals surface area contributed by atoms with E-state index in [2.05, 4.69) is 16.6 Å². The van der Waals surface area contributed by atoms with Crippen LogP contribution in [-0.4, -0.2) is 92.8 Å². The third kappa shape index (κ3) is 11.0. The molecule has 2 heterocycles. The second kappa shape index (κ2) is 20.5. The number of benzene rings is 3. The number of esters is 1. The van der Waals surface area contributed by atoms with Crippen molar-refractivity contribution in [3.63, 3.8) is 0 Å². The summed E-state index contributed by atoms with van der Waals surface area (Å²) in [5, 5.41) is 4.05. The lowest BCUT2D eigenvalue weighted by molar-refractivity contribution is -0.320. The third-order valence-corrected chi connectivity index (χ3v) is 9.01. The molecule has 55 heavy (non-hydrogen) atoms. The summed E-state index contributed by atoms with van der Waals surface area (Å²) in [5.74, 6) is -1.27. The number of methoxy groups -OCH3 is 1. The molecule has 292 valence electrons. The van der Waals surface area contributed by atoms with Crippen LogP contribution in [0.3, 0.4) is 0 Å². The van der Waals surface area contributed by atoms with Crippen molar-refractivity contribution in [2.45, 2.75) is 94.8 Å². The fourth-order valence-electron chi connectivity index (χ4n) is 6.37. The van der Waals surface area contributed by atoms with E-state index in [0.29, 0.717) is 0 Å². The van der Waals surface area contributed by atoms with Crippen molar-refractivity contribution in [1.29, 1.82) is 0 Å². The SMILES string of the molecule is C=CCOC(=O)OC1C(C)OC(C(=O)OC)[C@@H](O[C@H]2OC(C(C)=O)[C@@H](OCc3ccccc3)[C@@H](OCc3ccccc3)C2N=[N+]=[N-])[C@H]1OCc1ccccc1.